The molecule has 0 saturated heterocycles. The second kappa shape index (κ2) is 7.75. The van der Waals surface area contributed by atoms with Gasteiger partial charge in [-0.15, -0.1) is 0 Å². The van der Waals surface area contributed by atoms with Crippen molar-refractivity contribution in [1.82, 2.24) is 10.6 Å². The Labute approximate surface area is 141 Å². The first-order valence-electron chi connectivity index (χ1n) is 7.78. The quantitative estimate of drug-likeness (QED) is 0.759. The van der Waals surface area contributed by atoms with Crippen molar-refractivity contribution in [1.29, 1.82) is 0 Å². The van der Waals surface area contributed by atoms with Crippen LogP contribution in [0.15, 0.2) is 54.6 Å². The lowest BCUT2D eigenvalue weighted by molar-refractivity contribution is -0.126. The molecule has 24 heavy (non-hydrogen) atoms. The molecule has 126 valence electrons. The van der Waals surface area contributed by atoms with Gasteiger partial charge in [-0.1, -0.05) is 42.5 Å². The summed E-state index contributed by atoms with van der Waals surface area (Å²) < 4.78 is 0. The maximum atomic E-state index is 12.1. The largest absolute Gasteiger partial charge is 0.385 e. The average Bonchev–Trinajstić information content (AvgIpc) is 2.60. The van der Waals surface area contributed by atoms with Crippen molar-refractivity contribution >= 4 is 11.8 Å². The molecule has 2 aromatic rings. The Morgan fingerprint density at radius 3 is 2.25 bits per heavy atom. The summed E-state index contributed by atoms with van der Waals surface area (Å²) in [5.41, 5.74) is 0.944. The van der Waals surface area contributed by atoms with Crippen molar-refractivity contribution in [3.05, 3.63) is 71.3 Å². The molecule has 5 heteroatoms. The zero-order valence-electron chi connectivity index (χ0n) is 13.9. The van der Waals surface area contributed by atoms with E-state index in [1.807, 2.05) is 18.2 Å². The van der Waals surface area contributed by atoms with Gasteiger partial charge in [0.1, 0.15) is 0 Å². The summed E-state index contributed by atoms with van der Waals surface area (Å²) >= 11 is 0. The van der Waals surface area contributed by atoms with Crippen LogP contribution in [0.5, 0.6) is 0 Å². The summed E-state index contributed by atoms with van der Waals surface area (Å²) in [6, 6.07) is 16.1. The highest BCUT2D eigenvalue weighted by Crippen LogP contribution is 2.23. The highest BCUT2D eigenvalue weighted by atomic mass is 16.3. The number of rotatable bonds is 6. The van der Waals surface area contributed by atoms with E-state index in [2.05, 4.69) is 10.6 Å². The SMILES string of the molecule is CNC(=O)c1ccc(CNC(=O)C[C@](C)(O)c2ccccc2)cc1. The van der Waals surface area contributed by atoms with Crippen LogP contribution in [-0.2, 0) is 16.9 Å². The molecule has 2 amide bonds. The molecular weight excluding hydrogens is 304 g/mol. The summed E-state index contributed by atoms with van der Waals surface area (Å²) in [6.45, 7) is 1.97. The number of benzene rings is 2. The minimum Gasteiger partial charge on any atom is -0.385 e. The molecule has 0 heterocycles. The second-order valence-corrected chi connectivity index (χ2v) is 5.87. The first-order valence-corrected chi connectivity index (χ1v) is 7.78. The predicted molar refractivity (Wildman–Crippen MR) is 92.3 cm³/mol. The van der Waals surface area contributed by atoms with Gasteiger partial charge in [0, 0.05) is 19.2 Å². The van der Waals surface area contributed by atoms with Crippen LogP contribution in [0.3, 0.4) is 0 Å². The minimum atomic E-state index is -1.21. The summed E-state index contributed by atoms with van der Waals surface area (Å²) in [5.74, 6) is -0.385. The molecule has 0 aliphatic heterocycles. The van der Waals surface area contributed by atoms with Gasteiger partial charge in [0.15, 0.2) is 0 Å². The Balaban J connectivity index is 1.90. The van der Waals surface area contributed by atoms with Gasteiger partial charge in [0.05, 0.1) is 12.0 Å². The molecular formula is C19H22N2O3. The Bertz CT molecular complexity index is 694. The molecule has 2 rings (SSSR count). The van der Waals surface area contributed by atoms with Crippen molar-refractivity contribution in [2.45, 2.75) is 25.5 Å². The van der Waals surface area contributed by atoms with Gasteiger partial charge in [0.2, 0.25) is 5.91 Å². The van der Waals surface area contributed by atoms with E-state index in [-0.39, 0.29) is 18.2 Å². The lowest BCUT2D eigenvalue weighted by Crippen LogP contribution is -2.32. The van der Waals surface area contributed by atoms with E-state index in [1.54, 1.807) is 50.4 Å². The molecule has 0 radical (unpaired) electrons. The van der Waals surface area contributed by atoms with Gasteiger partial charge in [-0.3, -0.25) is 9.59 Å². The third-order valence-corrected chi connectivity index (χ3v) is 3.83. The van der Waals surface area contributed by atoms with Gasteiger partial charge in [0.25, 0.3) is 5.91 Å². The third kappa shape index (κ3) is 4.67. The number of amides is 2. The Morgan fingerprint density at radius 1 is 1.04 bits per heavy atom. The van der Waals surface area contributed by atoms with Crippen molar-refractivity contribution in [2.24, 2.45) is 0 Å². The molecule has 0 unspecified atom stereocenters. The maximum absolute atomic E-state index is 12.1. The van der Waals surface area contributed by atoms with Crippen molar-refractivity contribution in [3.8, 4) is 0 Å². The molecule has 0 aromatic heterocycles. The number of hydrogen-bond acceptors (Lipinski definition) is 3. The number of hydrogen-bond donors (Lipinski definition) is 3. The fourth-order valence-corrected chi connectivity index (χ4v) is 2.39. The highest BCUT2D eigenvalue weighted by Gasteiger charge is 2.26. The van der Waals surface area contributed by atoms with Crippen LogP contribution in [0.25, 0.3) is 0 Å². The zero-order valence-corrected chi connectivity index (χ0v) is 13.9. The second-order valence-electron chi connectivity index (χ2n) is 5.87. The molecule has 0 saturated carbocycles. The Morgan fingerprint density at radius 2 is 1.67 bits per heavy atom. The van der Waals surface area contributed by atoms with E-state index < -0.39 is 5.60 Å². The fourth-order valence-electron chi connectivity index (χ4n) is 2.39. The first kappa shape index (κ1) is 17.7. The number of aliphatic hydroxyl groups is 1. The number of nitrogens with one attached hydrogen (secondary N) is 2. The van der Waals surface area contributed by atoms with Crippen molar-refractivity contribution < 1.29 is 14.7 Å². The van der Waals surface area contributed by atoms with Gasteiger partial charge in [-0.2, -0.15) is 0 Å². The lowest BCUT2D eigenvalue weighted by atomic mass is 9.92. The third-order valence-electron chi connectivity index (χ3n) is 3.83. The molecule has 0 bridgehead atoms. The van der Waals surface area contributed by atoms with Gasteiger partial charge in [-0.25, -0.2) is 0 Å². The van der Waals surface area contributed by atoms with Crippen molar-refractivity contribution in [2.75, 3.05) is 7.05 Å². The van der Waals surface area contributed by atoms with E-state index in [4.69, 9.17) is 0 Å². The van der Waals surface area contributed by atoms with E-state index in [0.717, 1.165) is 5.56 Å². The lowest BCUT2D eigenvalue weighted by Gasteiger charge is -2.23. The molecule has 3 N–H and O–H groups in total. The standard InChI is InChI=1S/C19H22N2O3/c1-19(24,16-6-4-3-5-7-16)12-17(22)21-13-14-8-10-15(11-9-14)18(23)20-2/h3-11,24H,12-13H2,1-2H3,(H,20,23)(H,21,22)/t19-/m0/s1. The average molecular weight is 326 g/mol. The monoisotopic (exact) mass is 326 g/mol. The topological polar surface area (TPSA) is 78.4 Å². The minimum absolute atomic E-state index is 0.0205. The molecule has 1 atom stereocenters. The first-order chi connectivity index (χ1) is 11.4. The van der Waals surface area contributed by atoms with Crippen LogP contribution in [0.2, 0.25) is 0 Å². The fraction of sp³-hybridized carbons (Fsp3) is 0.263. The molecule has 0 spiro atoms. The van der Waals surface area contributed by atoms with Crippen LogP contribution >= 0.6 is 0 Å². The Kier molecular flexibility index (Phi) is 5.71. The highest BCUT2D eigenvalue weighted by molar-refractivity contribution is 5.93. The van der Waals surface area contributed by atoms with Crippen LogP contribution in [0.1, 0.15) is 34.8 Å². The molecule has 2 aromatic carbocycles. The number of carbonyl (C=O) groups excluding carboxylic acids is 2. The normalized spacial score (nSPS) is 13.0. The van der Waals surface area contributed by atoms with E-state index in [9.17, 15) is 14.7 Å². The summed E-state index contributed by atoms with van der Waals surface area (Å²) in [7, 11) is 1.58. The van der Waals surface area contributed by atoms with Crippen LogP contribution in [0, 0.1) is 0 Å². The predicted octanol–water partition coefficient (Wildman–Crippen LogP) is 1.96. The number of carbonyl (C=O) groups is 2. The molecule has 0 aliphatic rings. The van der Waals surface area contributed by atoms with Gasteiger partial charge < -0.3 is 15.7 Å². The van der Waals surface area contributed by atoms with E-state index >= 15 is 0 Å². The molecule has 0 aliphatic carbocycles. The van der Waals surface area contributed by atoms with Crippen LogP contribution < -0.4 is 10.6 Å². The van der Waals surface area contributed by atoms with Crippen LogP contribution in [0.4, 0.5) is 0 Å². The molecule has 5 nitrogen and oxygen atoms in total. The molecule has 0 fully saturated rings. The summed E-state index contributed by atoms with van der Waals surface area (Å²) in [4.78, 5) is 23.6. The van der Waals surface area contributed by atoms with Gasteiger partial charge in [-0.05, 0) is 30.2 Å². The van der Waals surface area contributed by atoms with Crippen molar-refractivity contribution in [3.63, 3.8) is 0 Å². The Hall–Kier alpha value is -2.66. The van der Waals surface area contributed by atoms with E-state index in [1.165, 1.54) is 0 Å². The van der Waals surface area contributed by atoms with Gasteiger partial charge >= 0.3 is 0 Å². The summed E-state index contributed by atoms with van der Waals surface area (Å²) in [5, 5.41) is 15.8. The van der Waals surface area contributed by atoms with Crippen LogP contribution in [-0.4, -0.2) is 24.0 Å². The van der Waals surface area contributed by atoms with E-state index in [0.29, 0.717) is 17.7 Å². The smallest absolute Gasteiger partial charge is 0.251 e. The summed E-state index contributed by atoms with van der Waals surface area (Å²) in [6.07, 6.45) is -0.0205. The zero-order chi connectivity index (χ0) is 17.6. The maximum Gasteiger partial charge on any atom is 0.251 e.